The molecule has 0 atom stereocenters. The fourth-order valence-corrected chi connectivity index (χ4v) is 5.30. The molecule has 1 saturated heterocycles. The molecule has 2 amide bonds. The Morgan fingerprint density at radius 1 is 1.03 bits per heavy atom. The fourth-order valence-electron chi connectivity index (χ4n) is 5.30. The zero-order chi connectivity index (χ0) is 24.4. The first-order valence-electron chi connectivity index (χ1n) is 12.8. The monoisotopic (exact) mass is 467 g/mol. The van der Waals surface area contributed by atoms with Crippen LogP contribution in [-0.2, 0) is 11.2 Å². The average molecular weight is 468 g/mol. The zero-order valence-corrected chi connectivity index (χ0v) is 20.6. The van der Waals surface area contributed by atoms with Crippen molar-refractivity contribution < 1.29 is 9.59 Å². The molecule has 2 heterocycles. The number of nitrogens with zero attached hydrogens (tertiary/aromatic N) is 2. The van der Waals surface area contributed by atoms with Gasteiger partial charge in [-0.05, 0) is 60.4 Å². The fraction of sp³-hybridized carbons (Fsp3) is 0.367. The van der Waals surface area contributed by atoms with E-state index in [0.29, 0.717) is 25.4 Å². The molecule has 0 spiro atoms. The van der Waals surface area contributed by atoms with E-state index >= 15 is 0 Å². The molecular weight excluding hydrogens is 434 g/mol. The number of nitrogens with one attached hydrogen (secondary N) is 1. The van der Waals surface area contributed by atoms with E-state index in [2.05, 4.69) is 37.4 Å². The van der Waals surface area contributed by atoms with Crippen molar-refractivity contribution in [1.82, 2.24) is 15.2 Å². The quantitative estimate of drug-likeness (QED) is 0.540. The molecule has 1 aliphatic carbocycles. The first kappa shape index (κ1) is 23.3. The van der Waals surface area contributed by atoms with Crippen molar-refractivity contribution in [3.63, 3.8) is 0 Å². The molecule has 2 aliphatic rings. The van der Waals surface area contributed by atoms with Crippen LogP contribution in [0, 0.1) is 5.92 Å². The molecule has 1 N–H and O–H groups in total. The van der Waals surface area contributed by atoms with Gasteiger partial charge in [0.05, 0.1) is 16.8 Å². The van der Waals surface area contributed by atoms with Gasteiger partial charge in [-0.15, -0.1) is 0 Å². The molecule has 35 heavy (non-hydrogen) atoms. The second kappa shape index (κ2) is 10.0. The molecule has 5 rings (SSSR count). The lowest BCUT2D eigenvalue weighted by Crippen LogP contribution is -2.46. The van der Waals surface area contributed by atoms with Crippen molar-refractivity contribution in [3.8, 4) is 0 Å². The van der Waals surface area contributed by atoms with Gasteiger partial charge in [-0.3, -0.25) is 9.59 Å². The predicted octanol–water partition coefficient (Wildman–Crippen LogP) is 5.49. The highest BCUT2D eigenvalue weighted by molar-refractivity contribution is 6.09. The topological polar surface area (TPSA) is 62.3 Å². The Kier molecular flexibility index (Phi) is 6.67. The molecule has 0 radical (unpaired) electrons. The maximum Gasteiger partial charge on any atom is 0.252 e. The third kappa shape index (κ3) is 5.00. The van der Waals surface area contributed by atoms with Crippen LogP contribution in [0.5, 0.6) is 0 Å². The minimum absolute atomic E-state index is 0.0206. The van der Waals surface area contributed by atoms with E-state index in [0.717, 1.165) is 59.0 Å². The Morgan fingerprint density at radius 2 is 1.74 bits per heavy atom. The third-order valence-corrected chi connectivity index (χ3v) is 7.08. The second-order valence-corrected chi connectivity index (χ2v) is 10.1. The minimum atomic E-state index is -0.0206. The second-order valence-electron chi connectivity index (χ2n) is 10.1. The van der Waals surface area contributed by atoms with Crippen molar-refractivity contribution in [2.75, 3.05) is 13.1 Å². The highest BCUT2D eigenvalue weighted by atomic mass is 16.2. The van der Waals surface area contributed by atoms with Gasteiger partial charge >= 0.3 is 0 Å². The van der Waals surface area contributed by atoms with Crippen molar-refractivity contribution in [2.24, 2.45) is 5.92 Å². The Hall–Kier alpha value is -3.47. The lowest BCUT2D eigenvalue weighted by Gasteiger charge is -2.33. The van der Waals surface area contributed by atoms with E-state index in [-0.39, 0.29) is 17.9 Å². The summed E-state index contributed by atoms with van der Waals surface area (Å²) in [5.41, 5.74) is 5.95. The van der Waals surface area contributed by atoms with E-state index < -0.39 is 0 Å². The van der Waals surface area contributed by atoms with Gasteiger partial charge in [-0.1, -0.05) is 62.4 Å². The van der Waals surface area contributed by atoms with Crippen molar-refractivity contribution in [1.29, 1.82) is 0 Å². The van der Waals surface area contributed by atoms with Crippen LogP contribution < -0.4 is 5.32 Å². The summed E-state index contributed by atoms with van der Waals surface area (Å²) in [5.74, 6) is 0.566. The number of aromatic nitrogens is 1. The number of fused-ring (bicyclic) bond motifs is 2. The van der Waals surface area contributed by atoms with Crippen LogP contribution in [0.4, 0.5) is 0 Å². The SMILES string of the molecule is CC(C)CC(=O)N1CCC(NC(=O)c2c3c(nc4ccccc24)/C(=C\c2ccccc2)CC3)CC1. The normalized spacial score (nSPS) is 17.2. The van der Waals surface area contributed by atoms with Gasteiger partial charge in [0.1, 0.15) is 0 Å². The van der Waals surface area contributed by atoms with Crippen LogP contribution in [0.25, 0.3) is 22.6 Å². The average Bonchev–Trinajstić information content (AvgIpc) is 3.25. The highest BCUT2D eigenvalue weighted by Gasteiger charge is 2.29. The Balaban J connectivity index is 1.39. The molecular formula is C30H33N3O2. The van der Waals surface area contributed by atoms with Gasteiger partial charge in [0, 0.05) is 30.9 Å². The molecule has 0 bridgehead atoms. The summed E-state index contributed by atoms with van der Waals surface area (Å²) in [7, 11) is 0. The molecule has 5 nitrogen and oxygen atoms in total. The number of hydrogen-bond acceptors (Lipinski definition) is 3. The van der Waals surface area contributed by atoms with Crippen LogP contribution in [0.15, 0.2) is 54.6 Å². The molecule has 1 fully saturated rings. The number of carbonyl (C=O) groups is 2. The van der Waals surface area contributed by atoms with Crippen molar-refractivity contribution >= 4 is 34.4 Å². The predicted molar refractivity (Wildman–Crippen MR) is 141 cm³/mol. The van der Waals surface area contributed by atoms with E-state index in [1.165, 1.54) is 5.57 Å². The van der Waals surface area contributed by atoms with Gasteiger partial charge in [-0.2, -0.15) is 0 Å². The number of pyridine rings is 1. The number of rotatable bonds is 5. The van der Waals surface area contributed by atoms with Gasteiger partial charge < -0.3 is 10.2 Å². The minimum Gasteiger partial charge on any atom is -0.349 e. The smallest absolute Gasteiger partial charge is 0.252 e. The van der Waals surface area contributed by atoms with E-state index in [4.69, 9.17) is 4.98 Å². The van der Waals surface area contributed by atoms with Gasteiger partial charge in [-0.25, -0.2) is 4.98 Å². The maximum absolute atomic E-state index is 13.7. The standard InChI is InChI=1S/C30H33N3O2/c1-20(2)18-27(34)33-16-14-23(15-17-33)31-30(35)28-24-10-6-7-11-26(24)32-29-22(12-13-25(28)29)19-21-8-4-3-5-9-21/h3-11,19-20,23H,12-18H2,1-2H3,(H,31,35)/b22-19-. The van der Waals surface area contributed by atoms with Crippen LogP contribution in [-0.4, -0.2) is 40.8 Å². The number of allylic oxidation sites excluding steroid dienone is 1. The molecule has 1 aromatic heterocycles. The first-order chi connectivity index (χ1) is 17.0. The maximum atomic E-state index is 13.7. The molecule has 180 valence electrons. The summed E-state index contributed by atoms with van der Waals surface area (Å²) in [6.07, 6.45) is 6.06. The lowest BCUT2D eigenvalue weighted by atomic mass is 9.98. The molecule has 1 aliphatic heterocycles. The summed E-state index contributed by atoms with van der Waals surface area (Å²) in [4.78, 5) is 33.0. The summed E-state index contributed by atoms with van der Waals surface area (Å²) >= 11 is 0. The highest BCUT2D eigenvalue weighted by Crippen LogP contribution is 2.37. The summed E-state index contributed by atoms with van der Waals surface area (Å²) < 4.78 is 0. The number of likely N-dealkylation sites (tertiary alicyclic amines) is 1. The van der Waals surface area contributed by atoms with E-state index in [1.807, 2.05) is 47.4 Å². The Morgan fingerprint density at radius 3 is 2.49 bits per heavy atom. The van der Waals surface area contributed by atoms with Gasteiger partial charge in [0.2, 0.25) is 5.91 Å². The van der Waals surface area contributed by atoms with Crippen LogP contribution in [0.1, 0.15) is 66.7 Å². The van der Waals surface area contributed by atoms with Gasteiger partial charge in [0.25, 0.3) is 5.91 Å². The number of amides is 2. The van der Waals surface area contributed by atoms with E-state index in [9.17, 15) is 9.59 Å². The summed E-state index contributed by atoms with van der Waals surface area (Å²) in [6.45, 7) is 5.55. The molecule has 5 heteroatoms. The van der Waals surface area contributed by atoms with Crippen LogP contribution in [0.3, 0.4) is 0 Å². The lowest BCUT2D eigenvalue weighted by molar-refractivity contribution is -0.133. The van der Waals surface area contributed by atoms with Crippen molar-refractivity contribution in [2.45, 2.75) is 52.0 Å². The number of para-hydroxylation sites is 1. The van der Waals surface area contributed by atoms with Gasteiger partial charge in [0.15, 0.2) is 0 Å². The van der Waals surface area contributed by atoms with Crippen LogP contribution in [0.2, 0.25) is 0 Å². The first-order valence-corrected chi connectivity index (χ1v) is 12.8. The Bertz CT molecular complexity index is 1270. The molecule has 2 aromatic carbocycles. The molecule has 0 unspecified atom stereocenters. The molecule has 0 saturated carbocycles. The number of carbonyl (C=O) groups excluding carboxylic acids is 2. The molecule has 3 aromatic rings. The summed E-state index contributed by atoms with van der Waals surface area (Å²) in [5, 5.41) is 4.21. The summed E-state index contributed by atoms with van der Waals surface area (Å²) in [6, 6.07) is 18.3. The largest absolute Gasteiger partial charge is 0.349 e. The van der Waals surface area contributed by atoms with Crippen LogP contribution >= 0.6 is 0 Å². The number of hydrogen-bond donors (Lipinski definition) is 1. The van der Waals surface area contributed by atoms with Crippen molar-refractivity contribution in [3.05, 3.63) is 77.0 Å². The Labute approximate surface area is 207 Å². The number of benzene rings is 2. The van der Waals surface area contributed by atoms with E-state index in [1.54, 1.807) is 0 Å². The zero-order valence-electron chi connectivity index (χ0n) is 20.6. The third-order valence-electron chi connectivity index (χ3n) is 7.08. The number of piperidine rings is 1.